The van der Waals surface area contributed by atoms with Gasteiger partial charge in [0.15, 0.2) is 6.54 Å². The number of likely N-dealkylation sites (N-methyl/N-ethyl adjacent to an activating group) is 1. The molecule has 0 saturated carbocycles. The fourth-order valence-corrected chi connectivity index (χ4v) is 4.64. The predicted molar refractivity (Wildman–Crippen MR) is 140 cm³/mol. The molecule has 0 unspecified atom stereocenters. The fraction of sp³-hybridized carbons (Fsp3) is 0.379. The molecule has 0 spiro atoms. The van der Waals surface area contributed by atoms with Gasteiger partial charge in [-0.2, -0.15) is 10.2 Å². The quantitative estimate of drug-likeness (QED) is 0.272. The molecule has 0 atom stereocenters. The Morgan fingerprint density at radius 1 is 1.14 bits per heavy atom. The second-order valence-corrected chi connectivity index (χ2v) is 9.44. The van der Waals surface area contributed by atoms with Crippen molar-refractivity contribution in [1.29, 1.82) is 5.26 Å². The lowest BCUT2D eigenvalue weighted by Gasteiger charge is -2.34. The number of allylic oxidation sites excluding steroid dienone is 1. The molecule has 0 amide bonds. The summed E-state index contributed by atoms with van der Waals surface area (Å²) in [5.74, 6) is 1.61. The Morgan fingerprint density at radius 2 is 1.86 bits per heavy atom. The summed E-state index contributed by atoms with van der Waals surface area (Å²) in [7, 11) is 0. The monoisotopic (exact) mass is 501 g/mol. The molecule has 2 aromatic carbocycles. The third-order valence-electron chi connectivity index (χ3n) is 7.01. The van der Waals surface area contributed by atoms with Crippen molar-refractivity contribution in [3.05, 3.63) is 59.2 Å². The van der Waals surface area contributed by atoms with Crippen LogP contribution in [0.2, 0.25) is 0 Å². The van der Waals surface area contributed by atoms with Crippen molar-refractivity contribution in [2.75, 3.05) is 26.2 Å². The van der Waals surface area contributed by atoms with Crippen molar-refractivity contribution in [2.24, 2.45) is 0 Å². The average Bonchev–Trinajstić information content (AvgIpc) is 3.55. The van der Waals surface area contributed by atoms with Crippen molar-refractivity contribution < 1.29 is 23.3 Å². The van der Waals surface area contributed by atoms with Crippen LogP contribution >= 0.6 is 0 Å². The average molecular weight is 502 g/mol. The van der Waals surface area contributed by atoms with Gasteiger partial charge in [-0.25, -0.2) is 4.79 Å². The van der Waals surface area contributed by atoms with E-state index in [1.807, 2.05) is 38.1 Å². The Balaban J connectivity index is 1.55. The molecular weight excluding hydrogens is 468 g/mol. The van der Waals surface area contributed by atoms with E-state index < -0.39 is 0 Å². The molecule has 1 aliphatic rings. The molecule has 3 aromatic rings. The van der Waals surface area contributed by atoms with Crippen LogP contribution in [0.4, 0.5) is 0 Å². The Hall–Kier alpha value is -3.96. The lowest BCUT2D eigenvalue weighted by Crippen LogP contribution is -2.51. The van der Waals surface area contributed by atoms with Gasteiger partial charge >= 0.3 is 5.97 Å². The summed E-state index contributed by atoms with van der Waals surface area (Å²) < 4.78 is 17.8. The van der Waals surface area contributed by atoms with E-state index in [2.05, 4.69) is 37.0 Å². The zero-order chi connectivity index (χ0) is 26.6. The van der Waals surface area contributed by atoms with Gasteiger partial charge in [-0.1, -0.05) is 23.4 Å². The first-order valence-corrected chi connectivity index (χ1v) is 12.8. The molecule has 0 fully saturated rings. The van der Waals surface area contributed by atoms with Crippen LogP contribution in [0.1, 0.15) is 51.3 Å². The molecule has 0 saturated heterocycles. The van der Waals surface area contributed by atoms with Gasteiger partial charge in [-0.15, -0.1) is 0 Å². The van der Waals surface area contributed by atoms with Crippen LogP contribution < -0.4 is 4.74 Å². The molecule has 4 rings (SSSR count). The number of hydrogen-bond acceptors (Lipinski definition) is 7. The van der Waals surface area contributed by atoms with Crippen LogP contribution in [0.25, 0.3) is 28.6 Å². The highest BCUT2D eigenvalue weighted by Crippen LogP contribution is 2.36. The van der Waals surface area contributed by atoms with E-state index in [-0.39, 0.29) is 12.1 Å². The van der Waals surface area contributed by atoms with Gasteiger partial charge in [0.2, 0.25) is 5.82 Å². The Bertz CT molecular complexity index is 1350. The summed E-state index contributed by atoms with van der Waals surface area (Å²) in [6, 6.07) is 13.2. The normalized spacial score (nSPS) is 12.7. The molecule has 0 N–H and O–H groups in total. The highest BCUT2D eigenvalue weighted by atomic mass is 16.5. The number of nitriles is 1. The van der Waals surface area contributed by atoms with Crippen LogP contribution in [0.5, 0.6) is 5.75 Å². The van der Waals surface area contributed by atoms with Gasteiger partial charge < -0.3 is 18.5 Å². The van der Waals surface area contributed by atoms with E-state index in [1.54, 1.807) is 18.2 Å². The minimum Gasteiger partial charge on any atom is -0.490 e. The molecule has 8 heteroatoms. The molecule has 0 bridgehead atoms. The van der Waals surface area contributed by atoms with Gasteiger partial charge in [0.25, 0.3) is 5.89 Å². The molecule has 8 nitrogen and oxygen atoms in total. The van der Waals surface area contributed by atoms with E-state index in [0.717, 1.165) is 36.3 Å². The summed E-state index contributed by atoms with van der Waals surface area (Å²) in [4.78, 5) is 17.4. The largest absolute Gasteiger partial charge is 0.490 e. The number of ether oxygens (including phenoxy) is 2. The van der Waals surface area contributed by atoms with Crippen molar-refractivity contribution in [2.45, 2.75) is 47.1 Å². The van der Waals surface area contributed by atoms with Crippen molar-refractivity contribution >= 4 is 11.7 Å². The van der Waals surface area contributed by atoms with Gasteiger partial charge in [0.05, 0.1) is 31.3 Å². The molecule has 0 aliphatic heterocycles. The molecule has 1 heterocycles. The lowest BCUT2D eigenvalue weighted by atomic mass is 10.0. The van der Waals surface area contributed by atoms with Crippen molar-refractivity contribution in [3.8, 4) is 34.7 Å². The molecule has 192 valence electrons. The van der Waals surface area contributed by atoms with Crippen LogP contribution in [-0.4, -0.2) is 52.9 Å². The Kier molecular flexibility index (Phi) is 7.74. The summed E-state index contributed by atoms with van der Waals surface area (Å²) >= 11 is 0. The minimum absolute atomic E-state index is 0.0440. The van der Waals surface area contributed by atoms with Gasteiger partial charge in [-0.3, -0.25) is 0 Å². The highest BCUT2D eigenvalue weighted by molar-refractivity contribution is 5.84. The van der Waals surface area contributed by atoms with Crippen LogP contribution in [-0.2, 0) is 16.0 Å². The number of aromatic nitrogens is 2. The number of quaternary nitrogens is 1. The highest BCUT2D eigenvalue weighted by Gasteiger charge is 2.29. The molecule has 37 heavy (non-hydrogen) atoms. The van der Waals surface area contributed by atoms with Gasteiger partial charge in [-0.05, 0) is 70.9 Å². The zero-order valence-electron chi connectivity index (χ0n) is 22.1. The maximum absolute atomic E-state index is 12.8. The number of nitrogens with zero attached hydrogens (tertiary/aromatic N) is 4. The van der Waals surface area contributed by atoms with E-state index in [0.29, 0.717) is 51.8 Å². The van der Waals surface area contributed by atoms with E-state index in [9.17, 15) is 10.1 Å². The first kappa shape index (κ1) is 26.1. The van der Waals surface area contributed by atoms with Crippen molar-refractivity contribution in [3.63, 3.8) is 0 Å². The second-order valence-electron chi connectivity index (χ2n) is 9.44. The minimum atomic E-state index is -0.227. The summed E-state index contributed by atoms with van der Waals surface area (Å²) in [5.41, 5.74) is 3.70. The number of carbonyl (C=O) groups excluding carboxylic acids is 1. The first-order chi connectivity index (χ1) is 17.8. The number of esters is 1. The number of benzene rings is 2. The maximum Gasteiger partial charge on any atom is 0.367 e. The smallest absolute Gasteiger partial charge is 0.367 e. The second kappa shape index (κ2) is 11.0. The number of carbonyl (C=O) groups is 1. The number of hydrogen-bond donors (Lipinski definition) is 0. The number of fused-ring (bicyclic) bond motifs is 1. The third-order valence-corrected chi connectivity index (χ3v) is 7.01. The Morgan fingerprint density at radius 3 is 2.54 bits per heavy atom. The van der Waals surface area contributed by atoms with E-state index in [4.69, 9.17) is 14.0 Å². The van der Waals surface area contributed by atoms with E-state index in [1.165, 1.54) is 0 Å². The fourth-order valence-electron chi connectivity index (χ4n) is 4.64. The topological polar surface area (TPSA) is 98.2 Å². The number of rotatable bonds is 10. The lowest BCUT2D eigenvalue weighted by molar-refractivity contribution is -0.916. The molecule has 1 aromatic heterocycles. The van der Waals surface area contributed by atoms with Gasteiger partial charge in [0, 0.05) is 16.7 Å². The summed E-state index contributed by atoms with van der Waals surface area (Å²) in [5, 5.41) is 13.7. The third kappa shape index (κ3) is 5.42. The summed E-state index contributed by atoms with van der Waals surface area (Å²) in [6.07, 6.45) is 2.49. The standard InChI is InChI=1S/C29H33N4O4/c1-6-33(7-2,8-3)18-27(34)36-26-15-13-22-23(26)10-9-11-24(22)28-31-29(37-32-28)20-12-14-25(35-19(4)5)21(16-20)17-30/h9-12,14-16,19H,6-8,13,18H2,1-5H3/q+1. The van der Waals surface area contributed by atoms with Gasteiger partial charge in [0.1, 0.15) is 17.6 Å². The molecule has 0 radical (unpaired) electrons. The maximum atomic E-state index is 12.8. The Labute approximate surface area is 217 Å². The van der Waals surface area contributed by atoms with E-state index >= 15 is 0 Å². The van der Waals surface area contributed by atoms with Crippen LogP contribution in [0.3, 0.4) is 0 Å². The zero-order valence-corrected chi connectivity index (χ0v) is 22.1. The molecule has 1 aliphatic carbocycles. The summed E-state index contributed by atoms with van der Waals surface area (Å²) in [6.45, 7) is 13.1. The predicted octanol–water partition coefficient (Wildman–Crippen LogP) is 5.38. The van der Waals surface area contributed by atoms with Crippen LogP contribution in [0.15, 0.2) is 47.0 Å². The first-order valence-electron chi connectivity index (χ1n) is 12.8. The molecular formula is C29H33N4O4+. The SMILES string of the molecule is CC[N+](CC)(CC)CC(=O)OC1=CCc2c1cccc2-c1noc(-c2ccc(OC(C)C)c(C#N)c2)n1. The van der Waals surface area contributed by atoms with Crippen molar-refractivity contribution in [1.82, 2.24) is 10.1 Å². The van der Waals surface area contributed by atoms with Crippen LogP contribution in [0, 0.1) is 11.3 Å².